The van der Waals surface area contributed by atoms with Crippen LogP contribution < -0.4 is 5.32 Å². The van der Waals surface area contributed by atoms with Crippen molar-refractivity contribution in [2.24, 2.45) is 0 Å². The molecule has 0 radical (unpaired) electrons. The highest BCUT2D eigenvalue weighted by molar-refractivity contribution is 5.57. The Labute approximate surface area is 78.9 Å². The quantitative estimate of drug-likeness (QED) is 0.764. The highest BCUT2D eigenvalue weighted by atomic mass is 16.5. The molecule has 2 nitrogen and oxygen atoms in total. The molecular formula is C11H15NO. The summed E-state index contributed by atoms with van der Waals surface area (Å²) in [5, 5.41) is 3.38. The van der Waals surface area contributed by atoms with Crippen LogP contribution in [0.25, 0.3) is 0 Å². The van der Waals surface area contributed by atoms with E-state index in [1.54, 1.807) is 0 Å². The molecule has 1 aromatic rings. The van der Waals surface area contributed by atoms with E-state index in [1.165, 1.54) is 11.3 Å². The smallest absolute Gasteiger partial charge is 0.0552 e. The third-order valence-electron chi connectivity index (χ3n) is 2.46. The molecule has 0 spiro atoms. The van der Waals surface area contributed by atoms with Gasteiger partial charge in [-0.05, 0) is 18.6 Å². The Morgan fingerprint density at radius 1 is 1.46 bits per heavy atom. The molecule has 0 amide bonds. The second kappa shape index (κ2) is 3.79. The van der Waals surface area contributed by atoms with Gasteiger partial charge in [-0.1, -0.05) is 18.2 Å². The maximum absolute atomic E-state index is 5.43. The molecule has 1 heterocycles. The summed E-state index contributed by atoms with van der Waals surface area (Å²) < 4.78 is 5.43. The van der Waals surface area contributed by atoms with Crippen LogP contribution in [0, 0.1) is 0 Å². The van der Waals surface area contributed by atoms with Gasteiger partial charge in [0.05, 0.1) is 6.61 Å². The fourth-order valence-electron chi connectivity index (χ4n) is 1.77. The van der Waals surface area contributed by atoms with Crippen LogP contribution in [-0.4, -0.2) is 19.8 Å². The fraction of sp³-hybridized carbons (Fsp3) is 0.455. The van der Waals surface area contributed by atoms with E-state index >= 15 is 0 Å². The zero-order valence-electron chi connectivity index (χ0n) is 7.92. The van der Waals surface area contributed by atoms with Crippen LogP contribution in [0.2, 0.25) is 0 Å². The first-order valence-corrected chi connectivity index (χ1v) is 4.82. The molecule has 1 aliphatic heterocycles. The molecule has 1 N–H and O–H groups in total. The highest BCUT2D eigenvalue weighted by Gasteiger charge is 2.20. The Morgan fingerprint density at radius 2 is 2.31 bits per heavy atom. The van der Waals surface area contributed by atoms with Crippen molar-refractivity contribution in [2.75, 3.05) is 25.1 Å². The zero-order chi connectivity index (χ0) is 9.10. The second-order valence-corrected chi connectivity index (χ2v) is 3.32. The van der Waals surface area contributed by atoms with Gasteiger partial charge < -0.3 is 10.1 Å². The zero-order valence-corrected chi connectivity index (χ0v) is 7.92. The number of fused-ring (bicyclic) bond motifs is 1. The molecule has 1 atom stereocenters. The van der Waals surface area contributed by atoms with E-state index in [-0.39, 0.29) is 0 Å². The molecule has 0 saturated carbocycles. The maximum atomic E-state index is 5.43. The molecule has 1 aromatic carbocycles. The van der Waals surface area contributed by atoms with Gasteiger partial charge in [-0.25, -0.2) is 0 Å². The predicted octanol–water partition coefficient (Wildman–Crippen LogP) is 2.23. The maximum Gasteiger partial charge on any atom is 0.0552 e. The number of anilines is 1. The molecule has 13 heavy (non-hydrogen) atoms. The standard InChI is InChI=1S/C11H15NO/c1-2-13-8-9-7-12-11-6-4-3-5-10(9)11/h3-6,9,12H,2,7-8H2,1H3. The van der Waals surface area contributed by atoms with Gasteiger partial charge in [0.2, 0.25) is 0 Å². The summed E-state index contributed by atoms with van der Waals surface area (Å²) >= 11 is 0. The van der Waals surface area contributed by atoms with Gasteiger partial charge >= 0.3 is 0 Å². The van der Waals surface area contributed by atoms with Crippen molar-refractivity contribution in [1.82, 2.24) is 0 Å². The van der Waals surface area contributed by atoms with Crippen LogP contribution in [0.1, 0.15) is 18.4 Å². The summed E-state index contributed by atoms with van der Waals surface area (Å²) in [5.41, 5.74) is 2.67. The van der Waals surface area contributed by atoms with Gasteiger partial charge in [0.15, 0.2) is 0 Å². The van der Waals surface area contributed by atoms with Gasteiger partial charge in [-0.3, -0.25) is 0 Å². The monoisotopic (exact) mass is 177 g/mol. The molecule has 0 saturated heterocycles. The predicted molar refractivity (Wildman–Crippen MR) is 54.2 cm³/mol. The summed E-state index contributed by atoms with van der Waals surface area (Å²) in [6, 6.07) is 8.46. The van der Waals surface area contributed by atoms with Crippen molar-refractivity contribution >= 4 is 5.69 Å². The van der Waals surface area contributed by atoms with E-state index in [2.05, 4.69) is 29.6 Å². The molecule has 2 rings (SSSR count). The lowest BCUT2D eigenvalue weighted by atomic mass is 10.0. The summed E-state index contributed by atoms with van der Waals surface area (Å²) in [6.45, 7) is 4.69. The third kappa shape index (κ3) is 1.68. The average molecular weight is 177 g/mol. The lowest BCUT2D eigenvalue weighted by molar-refractivity contribution is 0.136. The Morgan fingerprint density at radius 3 is 3.15 bits per heavy atom. The topological polar surface area (TPSA) is 21.3 Å². The van der Waals surface area contributed by atoms with Gasteiger partial charge in [0.25, 0.3) is 0 Å². The Balaban J connectivity index is 2.09. The molecule has 0 bridgehead atoms. The first-order chi connectivity index (χ1) is 6.42. The van der Waals surface area contributed by atoms with Crippen LogP contribution in [0.5, 0.6) is 0 Å². The number of benzene rings is 1. The van der Waals surface area contributed by atoms with Crippen molar-refractivity contribution in [2.45, 2.75) is 12.8 Å². The largest absolute Gasteiger partial charge is 0.384 e. The van der Waals surface area contributed by atoms with Crippen LogP contribution in [0.4, 0.5) is 5.69 Å². The Kier molecular flexibility index (Phi) is 2.50. The number of ether oxygens (including phenoxy) is 1. The minimum Gasteiger partial charge on any atom is -0.384 e. The fourth-order valence-corrected chi connectivity index (χ4v) is 1.77. The molecule has 1 unspecified atom stereocenters. The molecule has 0 fully saturated rings. The number of rotatable bonds is 3. The van der Waals surface area contributed by atoms with Gasteiger partial charge in [0, 0.05) is 24.8 Å². The second-order valence-electron chi connectivity index (χ2n) is 3.32. The van der Waals surface area contributed by atoms with E-state index in [1.807, 2.05) is 6.92 Å². The van der Waals surface area contributed by atoms with E-state index in [9.17, 15) is 0 Å². The van der Waals surface area contributed by atoms with Crippen LogP contribution in [0.15, 0.2) is 24.3 Å². The highest BCUT2D eigenvalue weighted by Crippen LogP contribution is 2.30. The van der Waals surface area contributed by atoms with Crippen molar-refractivity contribution in [1.29, 1.82) is 0 Å². The summed E-state index contributed by atoms with van der Waals surface area (Å²) in [5.74, 6) is 0.538. The number of nitrogens with one attached hydrogen (secondary N) is 1. The number of hydrogen-bond acceptors (Lipinski definition) is 2. The molecule has 0 aliphatic carbocycles. The van der Waals surface area contributed by atoms with Crippen molar-refractivity contribution < 1.29 is 4.74 Å². The van der Waals surface area contributed by atoms with Crippen LogP contribution in [0.3, 0.4) is 0 Å². The molecular weight excluding hydrogens is 162 g/mol. The first kappa shape index (κ1) is 8.57. The lowest BCUT2D eigenvalue weighted by Gasteiger charge is -2.08. The van der Waals surface area contributed by atoms with Gasteiger partial charge in [-0.15, -0.1) is 0 Å². The van der Waals surface area contributed by atoms with Gasteiger partial charge in [0.1, 0.15) is 0 Å². The van der Waals surface area contributed by atoms with Crippen molar-refractivity contribution in [3.63, 3.8) is 0 Å². The third-order valence-corrected chi connectivity index (χ3v) is 2.46. The van der Waals surface area contributed by atoms with Crippen molar-refractivity contribution in [3.8, 4) is 0 Å². The molecule has 1 aliphatic rings. The van der Waals surface area contributed by atoms with Gasteiger partial charge in [-0.2, -0.15) is 0 Å². The van der Waals surface area contributed by atoms with E-state index in [4.69, 9.17) is 4.74 Å². The van der Waals surface area contributed by atoms with Crippen LogP contribution >= 0.6 is 0 Å². The van der Waals surface area contributed by atoms with E-state index in [0.717, 1.165) is 19.8 Å². The molecule has 70 valence electrons. The first-order valence-electron chi connectivity index (χ1n) is 4.82. The summed E-state index contributed by atoms with van der Waals surface area (Å²) in [7, 11) is 0. The average Bonchev–Trinajstić information content (AvgIpc) is 2.58. The van der Waals surface area contributed by atoms with E-state index in [0.29, 0.717) is 5.92 Å². The SMILES string of the molecule is CCOCC1CNc2ccccc21. The minimum atomic E-state index is 0.538. The Bertz CT molecular complexity index is 285. The van der Waals surface area contributed by atoms with Crippen molar-refractivity contribution in [3.05, 3.63) is 29.8 Å². The van der Waals surface area contributed by atoms with E-state index < -0.39 is 0 Å². The minimum absolute atomic E-state index is 0.538. The number of hydrogen-bond donors (Lipinski definition) is 1. The molecule has 2 heteroatoms. The summed E-state index contributed by atoms with van der Waals surface area (Å²) in [6.07, 6.45) is 0. The normalized spacial score (nSPS) is 19.6. The Hall–Kier alpha value is -1.02. The summed E-state index contributed by atoms with van der Waals surface area (Å²) in [4.78, 5) is 0. The van der Waals surface area contributed by atoms with Crippen LogP contribution in [-0.2, 0) is 4.74 Å². The number of para-hydroxylation sites is 1. The lowest BCUT2D eigenvalue weighted by Crippen LogP contribution is -2.09. The molecule has 0 aromatic heterocycles.